The van der Waals surface area contributed by atoms with Gasteiger partial charge in [-0.1, -0.05) is 38.8 Å². The fourth-order valence-electron chi connectivity index (χ4n) is 9.36. The molecular formula is C43H52N6O5S. The number of sulfonamides is 1. The Balaban J connectivity index is 1.33. The fraction of sp³-hybridized carbons (Fsp3) is 0.465. The summed E-state index contributed by atoms with van der Waals surface area (Å²) in [6, 6.07) is 11.8. The van der Waals surface area contributed by atoms with Gasteiger partial charge in [0.1, 0.15) is 5.75 Å². The van der Waals surface area contributed by atoms with Crippen molar-refractivity contribution in [1.82, 2.24) is 28.9 Å². The SMILES string of the molecule is C=C1C2CN(C(=O)c3cnn(C(C)C)c3C3=Cc4cc(OC)ccc4-c4c(C5CCCCC5)c5ccc(C(=O)NS(=O)(=O)C(C)C)cc5n4C3)C1CN2CC. The molecule has 290 valence electrons. The van der Waals surface area contributed by atoms with Gasteiger partial charge >= 0.3 is 0 Å². The lowest BCUT2D eigenvalue weighted by Gasteiger charge is -2.33. The van der Waals surface area contributed by atoms with Crippen LogP contribution in [0.5, 0.6) is 5.75 Å². The number of amides is 2. The zero-order valence-electron chi connectivity index (χ0n) is 32.8. The lowest BCUT2D eigenvalue weighted by molar-refractivity contribution is 0.0631. The number of hydrogen-bond acceptors (Lipinski definition) is 7. The van der Waals surface area contributed by atoms with E-state index in [-0.39, 0.29) is 29.6 Å². The summed E-state index contributed by atoms with van der Waals surface area (Å²) in [5.74, 6) is 0.329. The van der Waals surface area contributed by atoms with E-state index in [1.807, 2.05) is 27.8 Å². The third-order valence-electron chi connectivity index (χ3n) is 12.3. The molecule has 2 amide bonds. The van der Waals surface area contributed by atoms with Crippen LogP contribution in [0, 0.1) is 0 Å². The van der Waals surface area contributed by atoms with Gasteiger partial charge in [0.15, 0.2) is 0 Å². The number of methoxy groups -OCH3 is 1. The average molecular weight is 765 g/mol. The van der Waals surface area contributed by atoms with E-state index >= 15 is 0 Å². The number of ether oxygens (including phenoxy) is 1. The first-order chi connectivity index (χ1) is 26.3. The van der Waals surface area contributed by atoms with Crippen molar-refractivity contribution in [3.63, 3.8) is 0 Å². The van der Waals surface area contributed by atoms with Crippen LogP contribution >= 0.6 is 0 Å². The molecule has 4 aliphatic rings. The molecule has 0 spiro atoms. The Morgan fingerprint density at radius 1 is 1.00 bits per heavy atom. The summed E-state index contributed by atoms with van der Waals surface area (Å²) in [5.41, 5.74) is 8.77. The predicted molar refractivity (Wildman–Crippen MR) is 217 cm³/mol. The third-order valence-corrected chi connectivity index (χ3v) is 14.1. The number of piperazine rings is 1. The van der Waals surface area contributed by atoms with Gasteiger partial charge in [0, 0.05) is 41.2 Å². The lowest BCUT2D eigenvalue weighted by Crippen LogP contribution is -2.48. The fourth-order valence-corrected chi connectivity index (χ4v) is 9.97. The van der Waals surface area contributed by atoms with E-state index in [4.69, 9.17) is 9.84 Å². The molecule has 2 saturated heterocycles. The molecule has 1 aliphatic carbocycles. The van der Waals surface area contributed by atoms with Crippen LogP contribution in [0.2, 0.25) is 0 Å². The number of aromatic nitrogens is 3. The molecule has 11 nitrogen and oxygen atoms in total. The highest BCUT2D eigenvalue weighted by Crippen LogP contribution is 2.48. The minimum absolute atomic E-state index is 0.0389. The predicted octanol–water partition coefficient (Wildman–Crippen LogP) is 7.25. The number of carbonyl (C=O) groups excluding carboxylic acids is 2. The van der Waals surface area contributed by atoms with Crippen molar-refractivity contribution >= 4 is 44.4 Å². The van der Waals surface area contributed by atoms with Crippen LogP contribution in [0.25, 0.3) is 33.8 Å². The summed E-state index contributed by atoms with van der Waals surface area (Å²) in [5, 5.41) is 5.14. The summed E-state index contributed by atoms with van der Waals surface area (Å²) < 4.78 is 37.9. The molecule has 2 unspecified atom stereocenters. The zero-order chi connectivity index (χ0) is 38.9. The maximum Gasteiger partial charge on any atom is 0.264 e. The number of likely N-dealkylation sites (tertiary alicyclic amines) is 2. The van der Waals surface area contributed by atoms with E-state index in [1.54, 1.807) is 33.2 Å². The number of carbonyl (C=O) groups is 2. The van der Waals surface area contributed by atoms with Crippen molar-refractivity contribution in [3.8, 4) is 17.0 Å². The number of hydrogen-bond donors (Lipinski definition) is 1. The van der Waals surface area contributed by atoms with Crippen molar-refractivity contribution in [2.24, 2.45) is 0 Å². The highest BCUT2D eigenvalue weighted by atomic mass is 32.2. The molecule has 3 fully saturated rings. The van der Waals surface area contributed by atoms with Crippen LogP contribution < -0.4 is 9.46 Å². The number of allylic oxidation sites excluding steroid dienone is 1. The quantitative estimate of drug-likeness (QED) is 0.179. The van der Waals surface area contributed by atoms with Crippen molar-refractivity contribution in [2.75, 3.05) is 26.7 Å². The zero-order valence-corrected chi connectivity index (χ0v) is 33.6. The molecule has 1 N–H and O–H groups in total. The minimum Gasteiger partial charge on any atom is -0.497 e. The van der Waals surface area contributed by atoms with Crippen LogP contribution in [0.15, 0.2) is 54.7 Å². The summed E-state index contributed by atoms with van der Waals surface area (Å²) in [7, 11) is -2.18. The average Bonchev–Trinajstić information content (AvgIpc) is 3.90. The molecule has 2 bridgehead atoms. The Kier molecular flexibility index (Phi) is 9.56. The Morgan fingerprint density at radius 2 is 1.76 bits per heavy atom. The molecule has 12 heteroatoms. The highest BCUT2D eigenvalue weighted by molar-refractivity contribution is 7.90. The number of likely N-dealkylation sites (N-methyl/N-ethyl adjacent to an activating group) is 1. The number of nitrogens with one attached hydrogen (secondary N) is 1. The maximum absolute atomic E-state index is 14.7. The number of rotatable bonds is 9. The second kappa shape index (κ2) is 14.1. The first-order valence-corrected chi connectivity index (χ1v) is 21.3. The molecule has 2 aromatic heterocycles. The van der Waals surface area contributed by atoms with Crippen LogP contribution in [0.3, 0.4) is 0 Å². The van der Waals surface area contributed by atoms with Crippen molar-refractivity contribution in [3.05, 3.63) is 82.7 Å². The summed E-state index contributed by atoms with van der Waals surface area (Å²) in [4.78, 5) is 32.7. The highest BCUT2D eigenvalue weighted by Gasteiger charge is 2.48. The topological polar surface area (TPSA) is 119 Å². The van der Waals surface area contributed by atoms with Crippen molar-refractivity contribution < 1.29 is 22.7 Å². The maximum atomic E-state index is 14.7. The van der Waals surface area contributed by atoms with E-state index in [9.17, 15) is 18.0 Å². The van der Waals surface area contributed by atoms with Crippen LogP contribution in [0.4, 0.5) is 0 Å². The normalized spacial score (nSPS) is 20.3. The second-order valence-electron chi connectivity index (χ2n) is 16.2. The van der Waals surface area contributed by atoms with Gasteiger partial charge in [0.2, 0.25) is 10.0 Å². The van der Waals surface area contributed by atoms with Crippen LogP contribution in [0.1, 0.15) is 116 Å². The van der Waals surface area contributed by atoms with E-state index in [2.05, 4.69) is 59.7 Å². The van der Waals surface area contributed by atoms with Gasteiger partial charge in [-0.15, -0.1) is 0 Å². The molecule has 2 aromatic carbocycles. The first kappa shape index (κ1) is 37.3. The summed E-state index contributed by atoms with van der Waals surface area (Å²) in [6.07, 6.45) is 9.51. The molecule has 0 radical (unpaired) electrons. The van der Waals surface area contributed by atoms with Gasteiger partial charge in [0.05, 0.1) is 54.1 Å². The van der Waals surface area contributed by atoms with E-state index in [1.165, 1.54) is 12.0 Å². The number of fused-ring (bicyclic) bond motifs is 7. The van der Waals surface area contributed by atoms with Crippen LogP contribution in [-0.2, 0) is 16.6 Å². The summed E-state index contributed by atoms with van der Waals surface area (Å²) in [6.45, 7) is 16.5. The number of benzene rings is 2. The Morgan fingerprint density at radius 3 is 2.42 bits per heavy atom. The standard InChI is InChI=1S/C43H52N6O5S/c1-8-46-23-38-27(6)37(46)24-48(38)43(51)35-21-44-49(25(2)3)40(35)31-18-30-19-32(54-7)15-17-33(30)41-39(28-12-10-9-11-13-28)34-16-14-29(20-36(34)47(41)22-31)42(50)45-55(52,53)26(4)5/h14-21,25-26,28,37-38H,6,8-13,22-24H2,1-5,7H3,(H,45,50). The molecule has 1 saturated carbocycles. The van der Waals surface area contributed by atoms with Crippen molar-refractivity contribution in [2.45, 2.75) is 103 Å². The Bertz CT molecular complexity index is 2360. The molecule has 4 aromatic rings. The molecule has 2 atom stereocenters. The van der Waals surface area contributed by atoms with Gasteiger partial charge in [-0.05, 0) is 112 Å². The largest absolute Gasteiger partial charge is 0.497 e. The lowest BCUT2D eigenvalue weighted by atomic mass is 9.81. The Hall–Kier alpha value is -4.68. The van der Waals surface area contributed by atoms with E-state index in [0.717, 1.165) is 89.1 Å². The van der Waals surface area contributed by atoms with Crippen molar-refractivity contribution in [1.29, 1.82) is 0 Å². The van der Waals surface area contributed by atoms with Gasteiger partial charge in [-0.2, -0.15) is 5.10 Å². The summed E-state index contributed by atoms with van der Waals surface area (Å²) >= 11 is 0. The first-order valence-electron chi connectivity index (χ1n) is 19.8. The van der Waals surface area contributed by atoms with Gasteiger partial charge in [-0.25, -0.2) is 13.1 Å². The molecule has 3 aliphatic heterocycles. The Labute approximate surface area is 324 Å². The third kappa shape index (κ3) is 6.21. The van der Waals surface area contributed by atoms with E-state index in [0.29, 0.717) is 24.6 Å². The smallest absolute Gasteiger partial charge is 0.264 e. The molecular weight excluding hydrogens is 713 g/mol. The van der Waals surface area contributed by atoms with Gasteiger partial charge in [-0.3, -0.25) is 19.2 Å². The molecule has 5 heterocycles. The monoisotopic (exact) mass is 764 g/mol. The van der Waals surface area contributed by atoms with Gasteiger partial charge < -0.3 is 14.2 Å². The molecule has 8 rings (SSSR count). The van der Waals surface area contributed by atoms with Crippen LogP contribution in [-0.4, -0.2) is 88.5 Å². The molecule has 55 heavy (non-hydrogen) atoms. The van der Waals surface area contributed by atoms with Gasteiger partial charge in [0.25, 0.3) is 11.8 Å². The number of nitrogens with zero attached hydrogens (tertiary/aromatic N) is 5. The second-order valence-corrected chi connectivity index (χ2v) is 18.4. The van der Waals surface area contributed by atoms with E-state index < -0.39 is 21.2 Å². The minimum atomic E-state index is -3.84.